The molecular weight excluding hydrogens is 244 g/mol. The third-order valence-corrected chi connectivity index (χ3v) is 4.17. The topological polar surface area (TPSA) is 80.7 Å². The summed E-state index contributed by atoms with van der Waals surface area (Å²) in [7, 11) is -4.01. The Balaban J connectivity index is 3.27. The molecule has 0 saturated heterocycles. The van der Waals surface area contributed by atoms with Crippen LogP contribution < -0.4 is 0 Å². The monoisotopic (exact) mass is 258 g/mol. The minimum atomic E-state index is -4.01. The number of carboxylic acid groups (broad SMARTS) is 1. The van der Waals surface area contributed by atoms with Gasteiger partial charge >= 0.3 is 5.97 Å². The van der Waals surface area contributed by atoms with Crippen LogP contribution in [0.4, 0.5) is 0 Å². The zero-order valence-electron chi connectivity index (χ0n) is 9.58. The molecule has 0 aliphatic rings. The number of carbonyl (C=O) groups is 1. The van der Waals surface area contributed by atoms with E-state index in [1.54, 1.807) is 32.0 Å². The van der Waals surface area contributed by atoms with Crippen molar-refractivity contribution in [2.75, 3.05) is 6.61 Å². The first-order valence-corrected chi connectivity index (χ1v) is 6.59. The predicted molar refractivity (Wildman–Crippen MR) is 61.4 cm³/mol. The summed E-state index contributed by atoms with van der Waals surface area (Å²) < 4.78 is 28.9. The van der Waals surface area contributed by atoms with Crippen molar-refractivity contribution in [2.24, 2.45) is 0 Å². The molecule has 1 atom stereocenters. The Kier molecular flexibility index (Phi) is 4.25. The highest BCUT2D eigenvalue weighted by atomic mass is 32.2. The van der Waals surface area contributed by atoms with Gasteiger partial charge in [0.1, 0.15) is 0 Å². The minimum Gasteiger partial charge on any atom is -0.479 e. The van der Waals surface area contributed by atoms with Crippen LogP contribution in [0.1, 0.15) is 12.5 Å². The number of benzene rings is 1. The van der Waals surface area contributed by atoms with E-state index in [1.807, 2.05) is 0 Å². The molecule has 17 heavy (non-hydrogen) atoms. The van der Waals surface area contributed by atoms with Crippen LogP contribution in [0, 0.1) is 6.92 Å². The van der Waals surface area contributed by atoms with E-state index in [0.29, 0.717) is 5.56 Å². The average molecular weight is 258 g/mol. The molecule has 0 aliphatic heterocycles. The van der Waals surface area contributed by atoms with Crippen molar-refractivity contribution in [3.63, 3.8) is 0 Å². The number of ether oxygens (including phenoxy) is 1. The fourth-order valence-electron chi connectivity index (χ4n) is 1.44. The normalized spacial score (nSPS) is 13.3. The van der Waals surface area contributed by atoms with Gasteiger partial charge in [-0.2, -0.15) is 0 Å². The minimum absolute atomic E-state index is 0.0131. The Hall–Kier alpha value is -1.40. The molecule has 0 radical (unpaired) electrons. The second kappa shape index (κ2) is 5.29. The molecular formula is C11H14O5S. The molecule has 1 unspecified atom stereocenters. The summed E-state index contributed by atoms with van der Waals surface area (Å²) in [6.45, 7) is 3.17. The number of rotatable bonds is 5. The van der Waals surface area contributed by atoms with Crippen LogP contribution in [0.2, 0.25) is 0 Å². The Morgan fingerprint density at radius 1 is 1.41 bits per heavy atom. The van der Waals surface area contributed by atoms with E-state index in [-0.39, 0.29) is 11.5 Å². The van der Waals surface area contributed by atoms with E-state index >= 15 is 0 Å². The number of sulfone groups is 1. The molecule has 5 nitrogen and oxygen atoms in total. The molecule has 0 heterocycles. The van der Waals surface area contributed by atoms with Gasteiger partial charge in [-0.3, -0.25) is 0 Å². The molecule has 94 valence electrons. The first kappa shape index (κ1) is 13.7. The SMILES string of the molecule is CCOC(C(=O)O)S(=O)(=O)c1ccccc1C. The maximum atomic E-state index is 12.1. The quantitative estimate of drug-likeness (QED) is 0.858. The highest BCUT2D eigenvalue weighted by Gasteiger charge is 2.35. The Labute approximate surface area is 100.0 Å². The van der Waals surface area contributed by atoms with Gasteiger partial charge in [0.2, 0.25) is 9.84 Å². The lowest BCUT2D eigenvalue weighted by molar-refractivity contribution is -0.144. The summed E-state index contributed by atoms with van der Waals surface area (Å²) in [6, 6.07) is 6.22. The largest absolute Gasteiger partial charge is 0.479 e. The smallest absolute Gasteiger partial charge is 0.349 e. The van der Waals surface area contributed by atoms with Crippen molar-refractivity contribution < 1.29 is 23.1 Å². The molecule has 1 aromatic carbocycles. The van der Waals surface area contributed by atoms with E-state index < -0.39 is 21.2 Å². The van der Waals surface area contributed by atoms with E-state index in [9.17, 15) is 13.2 Å². The number of aliphatic carboxylic acids is 1. The predicted octanol–water partition coefficient (Wildman–Crippen LogP) is 1.22. The highest BCUT2D eigenvalue weighted by Crippen LogP contribution is 2.20. The molecule has 1 N–H and O–H groups in total. The second-order valence-electron chi connectivity index (χ2n) is 3.44. The molecule has 0 bridgehead atoms. The molecule has 0 aliphatic carbocycles. The van der Waals surface area contributed by atoms with E-state index in [0.717, 1.165) is 0 Å². The van der Waals surface area contributed by atoms with E-state index in [2.05, 4.69) is 0 Å². The van der Waals surface area contributed by atoms with Crippen molar-refractivity contribution in [3.8, 4) is 0 Å². The van der Waals surface area contributed by atoms with Crippen LogP contribution in [-0.4, -0.2) is 31.5 Å². The summed E-state index contributed by atoms with van der Waals surface area (Å²) in [5, 5.41) is 8.89. The summed E-state index contributed by atoms with van der Waals surface area (Å²) in [5.74, 6) is -1.50. The molecule has 0 spiro atoms. The summed E-state index contributed by atoms with van der Waals surface area (Å²) in [6.07, 6.45) is 0. The van der Waals surface area contributed by atoms with Gasteiger partial charge in [-0.1, -0.05) is 18.2 Å². The molecule has 0 saturated carbocycles. The zero-order chi connectivity index (χ0) is 13.1. The second-order valence-corrected chi connectivity index (χ2v) is 5.39. The van der Waals surface area contributed by atoms with Crippen LogP contribution >= 0.6 is 0 Å². The first-order chi connectivity index (χ1) is 7.91. The van der Waals surface area contributed by atoms with Crippen molar-refractivity contribution in [3.05, 3.63) is 29.8 Å². The Morgan fingerprint density at radius 2 is 2.00 bits per heavy atom. The lowest BCUT2D eigenvalue weighted by Gasteiger charge is -2.14. The molecule has 1 aromatic rings. The maximum absolute atomic E-state index is 12.1. The van der Waals surface area contributed by atoms with Crippen LogP contribution in [0.15, 0.2) is 29.2 Å². The van der Waals surface area contributed by atoms with Crippen LogP contribution in [0.3, 0.4) is 0 Å². The number of carboxylic acids is 1. The van der Waals surface area contributed by atoms with Gasteiger partial charge < -0.3 is 9.84 Å². The molecule has 0 amide bonds. The van der Waals surface area contributed by atoms with Gasteiger partial charge in [-0.05, 0) is 25.5 Å². The maximum Gasteiger partial charge on any atom is 0.349 e. The van der Waals surface area contributed by atoms with Crippen LogP contribution in [-0.2, 0) is 19.4 Å². The summed E-state index contributed by atoms with van der Waals surface area (Å²) in [4.78, 5) is 10.9. The third kappa shape index (κ3) is 2.83. The van der Waals surface area contributed by atoms with Gasteiger partial charge in [0.05, 0.1) is 4.90 Å². The highest BCUT2D eigenvalue weighted by molar-refractivity contribution is 7.92. The number of aryl methyl sites for hydroxylation is 1. The van der Waals surface area contributed by atoms with Gasteiger partial charge in [0, 0.05) is 6.61 Å². The van der Waals surface area contributed by atoms with Gasteiger partial charge in [-0.25, -0.2) is 13.2 Å². The van der Waals surface area contributed by atoms with Gasteiger partial charge in [0.25, 0.3) is 5.44 Å². The van der Waals surface area contributed by atoms with Crippen LogP contribution in [0.25, 0.3) is 0 Å². The molecule has 6 heteroatoms. The third-order valence-electron chi connectivity index (χ3n) is 2.20. The van der Waals surface area contributed by atoms with E-state index in [1.165, 1.54) is 6.07 Å². The van der Waals surface area contributed by atoms with Crippen molar-refractivity contribution in [1.82, 2.24) is 0 Å². The molecule has 1 rings (SSSR count). The summed E-state index contributed by atoms with van der Waals surface area (Å²) in [5.41, 5.74) is -1.35. The molecule has 0 fully saturated rings. The summed E-state index contributed by atoms with van der Waals surface area (Å²) >= 11 is 0. The van der Waals surface area contributed by atoms with Crippen molar-refractivity contribution in [2.45, 2.75) is 24.2 Å². The van der Waals surface area contributed by atoms with Crippen LogP contribution in [0.5, 0.6) is 0 Å². The molecule has 0 aromatic heterocycles. The van der Waals surface area contributed by atoms with Gasteiger partial charge in [0.15, 0.2) is 0 Å². The van der Waals surface area contributed by atoms with Crippen molar-refractivity contribution >= 4 is 15.8 Å². The zero-order valence-corrected chi connectivity index (χ0v) is 10.4. The fraction of sp³-hybridized carbons (Fsp3) is 0.364. The Bertz CT molecular complexity index is 506. The lowest BCUT2D eigenvalue weighted by atomic mass is 10.2. The number of hydrogen-bond donors (Lipinski definition) is 1. The van der Waals surface area contributed by atoms with Gasteiger partial charge in [-0.15, -0.1) is 0 Å². The van der Waals surface area contributed by atoms with Crippen molar-refractivity contribution in [1.29, 1.82) is 0 Å². The Morgan fingerprint density at radius 3 is 2.47 bits per heavy atom. The van der Waals surface area contributed by atoms with E-state index in [4.69, 9.17) is 9.84 Å². The number of hydrogen-bond acceptors (Lipinski definition) is 4. The fourth-order valence-corrected chi connectivity index (χ4v) is 3.03. The lowest BCUT2D eigenvalue weighted by Crippen LogP contribution is -2.33. The standard InChI is InChI=1S/C11H14O5S/c1-3-16-11(10(12)13)17(14,15)9-7-5-4-6-8(9)2/h4-7,11H,3H2,1-2H3,(H,12,13). The first-order valence-electron chi connectivity index (χ1n) is 5.05. The average Bonchev–Trinajstić information content (AvgIpc) is 2.25.